The Balaban J connectivity index is 1.38. The molecule has 0 radical (unpaired) electrons. The van der Waals surface area contributed by atoms with Crippen LogP contribution in [0.5, 0.6) is 0 Å². The minimum Gasteiger partial charge on any atom is -0.388 e. The molecular weight excluding hydrogens is 418 g/mol. The molecule has 0 unspecified atom stereocenters. The van der Waals surface area contributed by atoms with E-state index in [4.69, 9.17) is 5.73 Å². The first-order valence-corrected chi connectivity index (χ1v) is 10.5. The van der Waals surface area contributed by atoms with Crippen LogP contribution >= 0.6 is 0 Å². The normalized spacial score (nSPS) is 19.6. The third kappa shape index (κ3) is 4.00. The van der Waals surface area contributed by atoms with Crippen LogP contribution in [-0.2, 0) is 6.54 Å². The predicted octanol–water partition coefficient (Wildman–Crippen LogP) is 2.68. The van der Waals surface area contributed by atoms with Crippen LogP contribution in [0, 0.1) is 11.6 Å². The van der Waals surface area contributed by atoms with E-state index in [1.807, 2.05) is 7.05 Å². The van der Waals surface area contributed by atoms with E-state index in [9.17, 15) is 23.5 Å². The third-order valence-corrected chi connectivity index (χ3v) is 6.72. The molecule has 170 valence electrons. The number of nitrogens with two attached hydrogens (primary N) is 1. The van der Waals surface area contributed by atoms with Crippen molar-refractivity contribution in [2.75, 3.05) is 25.0 Å². The number of likely N-dealkylation sites (tertiary alicyclic amines) is 1. The van der Waals surface area contributed by atoms with E-state index >= 15 is 0 Å². The van der Waals surface area contributed by atoms with Crippen LogP contribution in [0.25, 0.3) is 0 Å². The fraction of sp³-hybridized carbons (Fsp3) is 0.391. The molecule has 2 aliphatic heterocycles. The molecule has 2 aliphatic rings. The van der Waals surface area contributed by atoms with Gasteiger partial charge in [-0.1, -0.05) is 6.07 Å². The monoisotopic (exact) mass is 444 g/mol. The van der Waals surface area contributed by atoms with Crippen LogP contribution in [0.4, 0.5) is 19.3 Å². The summed E-state index contributed by atoms with van der Waals surface area (Å²) in [5.41, 5.74) is 6.62. The van der Waals surface area contributed by atoms with Crippen molar-refractivity contribution in [1.29, 1.82) is 0 Å². The SMILES string of the molecule is CN1c2ccc(F)cc2[C@H](O)CC12CCN(C(=O)NCc1ccc(F)c(C(N)=O)c1)CC2. The highest BCUT2D eigenvalue weighted by atomic mass is 19.1. The number of benzene rings is 2. The first kappa shape index (κ1) is 22.0. The van der Waals surface area contributed by atoms with Gasteiger partial charge in [-0.25, -0.2) is 13.6 Å². The highest BCUT2D eigenvalue weighted by Crippen LogP contribution is 2.46. The van der Waals surface area contributed by atoms with Gasteiger partial charge in [0.15, 0.2) is 0 Å². The van der Waals surface area contributed by atoms with Gasteiger partial charge >= 0.3 is 6.03 Å². The summed E-state index contributed by atoms with van der Waals surface area (Å²) in [7, 11) is 1.95. The summed E-state index contributed by atoms with van der Waals surface area (Å²) in [6.45, 7) is 1.13. The van der Waals surface area contributed by atoms with E-state index in [-0.39, 0.29) is 29.5 Å². The molecule has 0 saturated carbocycles. The minimum atomic E-state index is -0.861. The number of hydrogen-bond donors (Lipinski definition) is 3. The molecule has 0 aromatic heterocycles. The zero-order chi connectivity index (χ0) is 23.0. The minimum absolute atomic E-state index is 0.137. The highest BCUT2D eigenvalue weighted by Gasteiger charge is 2.45. The van der Waals surface area contributed by atoms with Crippen LogP contribution in [0.1, 0.15) is 46.9 Å². The molecule has 7 nitrogen and oxygen atoms in total. The van der Waals surface area contributed by atoms with Gasteiger partial charge in [0.2, 0.25) is 0 Å². The van der Waals surface area contributed by atoms with Gasteiger partial charge < -0.3 is 26.0 Å². The number of rotatable bonds is 3. The molecule has 2 heterocycles. The number of urea groups is 1. The molecule has 2 aromatic carbocycles. The Labute approximate surface area is 184 Å². The number of carbonyl (C=O) groups is 2. The Hall–Kier alpha value is -3.20. The van der Waals surface area contributed by atoms with Crippen molar-refractivity contribution in [2.45, 2.75) is 37.5 Å². The molecular formula is C23H26F2N4O3. The number of halogens is 2. The number of fused-ring (bicyclic) bond motifs is 1. The van der Waals surface area contributed by atoms with E-state index in [2.05, 4.69) is 10.2 Å². The van der Waals surface area contributed by atoms with Gasteiger partial charge in [-0.15, -0.1) is 0 Å². The number of anilines is 1. The zero-order valence-corrected chi connectivity index (χ0v) is 17.8. The molecule has 4 rings (SSSR count). The van der Waals surface area contributed by atoms with Gasteiger partial charge in [0, 0.05) is 49.9 Å². The van der Waals surface area contributed by atoms with E-state index in [0.29, 0.717) is 43.5 Å². The second-order valence-electron chi connectivity index (χ2n) is 8.53. The molecule has 1 saturated heterocycles. The maximum atomic E-state index is 13.6. The van der Waals surface area contributed by atoms with Gasteiger partial charge in [-0.05, 0) is 48.7 Å². The van der Waals surface area contributed by atoms with Crippen molar-refractivity contribution in [3.05, 3.63) is 64.7 Å². The largest absolute Gasteiger partial charge is 0.388 e. The molecule has 1 fully saturated rings. The number of primary amides is 1. The summed E-state index contributed by atoms with van der Waals surface area (Å²) >= 11 is 0. The van der Waals surface area contributed by atoms with Gasteiger partial charge in [-0.3, -0.25) is 4.79 Å². The van der Waals surface area contributed by atoms with E-state index in [0.717, 1.165) is 11.8 Å². The molecule has 9 heteroatoms. The molecule has 2 aromatic rings. The fourth-order valence-corrected chi connectivity index (χ4v) is 4.79. The lowest BCUT2D eigenvalue weighted by atomic mass is 9.76. The molecule has 4 N–H and O–H groups in total. The fourth-order valence-electron chi connectivity index (χ4n) is 4.79. The number of carbonyl (C=O) groups excluding carboxylic acids is 2. The van der Waals surface area contributed by atoms with Crippen molar-refractivity contribution in [1.82, 2.24) is 10.2 Å². The van der Waals surface area contributed by atoms with Crippen molar-refractivity contribution in [3.63, 3.8) is 0 Å². The summed E-state index contributed by atoms with van der Waals surface area (Å²) in [6.07, 6.45) is 1.04. The van der Waals surface area contributed by atoms with Gasteiger partial charge in [0.05, 0.1) is 11.7 Å². The summed E-state index contributed by atoms with van der Waals surface area (Å²) in [4.78, 5) is 27.8. The Kier molecular flexibility index (Phi) is 5.77. The average Bonchev–Trinajstić information content (AvgIpc) is 2.77. The number of nitrogens with one attached hydrogen (secondary N) is 1. The second-order valence-corrected chi connectivity index (χ2v) is 8.53. The maximum absolute atomic E-state index is 13.6. The summed E-state index contributed by atoms with van der Waals surface area (Å²) < 4.78 is 27.2. The summed E-state index contributed by atoms with van der Waals surface area (Å²) in [5, 5.41) is 13.4. The van der Waals surface area contributed by atoms with E-state index in [1.54, 1.807) is 11.0 Å². The maximum Gasteiger partial charge on any atom is 0.317 e. The number of aliphatic hydroxyl groups excluding tert-OH is 1. The second kappa shape index (κ2) is 8.38. The topological polar surface area (TPSA) is 98.9 Å². The van der Waals surface area contributed by atoms with Crippen molar-refractivity contribution in [2.24, 2.45) is 5.73 Å². The first-order valence-electron chi connectivity index (χ1n) is 10.5. The number of aliphatic hydroxyl groups is 1. The van der Waals surface area contributed by atoms with Crippen LogP contribution in [-0.4, -0.2) is 47.6 Å². The van der Waals surface area contributed by atoms with Crippen LogP contribution < -0.4 is 16.0 Å². The molecule has 32 heavy (non-hydrogen) atoms. The molecule has 0 bridgehead atoms. The Morgan fingerprint density at radius 1 is 1.19 bits per heavy atom. The Morgan fingerprint density at radius 3 is 2.59 bits per heavy atom. The third-order valence-electron chi connectivity index (χ3n) is 6.72. The Bertz CT molecular complexity index is 1050. The van der Waals surface area contributed by atoms with Crippen LogP contribution in [0.3, 0.4) is 0 Å². The Morgan fingerprint density at radius 2 is 1.91 bits per heavy atom. The lowest BCUT2D eigenvalue weighted by Gasteiger charge is -2.52. The standard InChI is InChI=1S/C23H26F2N4O3/c1-28-19-5-3-15(24)11-17(19)20(30)12-23(28)6-8-29(9-7-23)22(32)27-13-14-2-4-18(25)16(10-14)21(26)31/h2-5,10-11,20,30H,6-9,12-13H2,1H3,(H2,26,31)(H,27,32)/t20-/m1/s1. The highest BCUT2D eigenvalue weighted by molar-refractivity contribution is 5.93. The molecule has 0 aliphatic carbocycles. The molecule has 1 atom stereocenters. The first-order chi connectivity index (χ1) is 15.2. The number of nitrogens with zero attached hydrogens (tertiary/aromatic N) is 2. The molecule has 1 spiro atoms. The zero-order valence-electron chi connectivity index (χ0n) is 17.8. The van der Waals surface area contributed by atoms with Gasteiger partial charge in [0.25, 0.3) is 5.91 Å². The van der Waals surface area contributed by atoms with Crippen molar-refractivity contribution >= 4 is 17.6 Å². The lowest BCUT2D eigenvalue weighted by molar-refractivity contribution is 0.0852. The van der Waals surface area contributed by atoms with E-state index < -0.39 is 17.8 Å². The predicted molar refractivity (Wildman–Crippen MR) is 115 cm³/mol. The average molecular weight is 444 g/mol. The van der Waals surface area contributed by atoms with Crippen LogP contribution in [0.15, 0.2) is 36.4 Å². The quantitative estimate of drug-likeness (QED) is 0.678. The molecule has 3 amide bonds. The van der Waals surface area contributed by atoms with Crippen molar-refractivity contribution < 1.29 is 23.5 Å². The van der Waals surface area contributed by atoms with Gasteiger partial charge in [0.1, 0.15) is 11.6 Å². The summed E-state index contributed by atoms with van der Waals surface area (Å²) in [5.74, 6) is -1.93. The lowest BCUT2D eigenvalue weighted by Crippen LogP contribution is -2.58. The van der Waals surface area contributed by atoms with Gasteiger partial charge in [-0.2, -0.15) is 0 Å². The smallest absolute Gasteiger partial charge is 0.317 e. The van der Waals surface area contributed by atoms with Crippen molar-refractivity contribution in [3.8, 4) is 0 Å². The van der Waals surface area contributed by atoms with Crippen LogP contribution in [0.2, 0.25) is 0 Å². The van der Waals surface area contributed by atoms with E-state index in [1.165, 1.54) is 24.3 Å². The number of amides is 3. The number of piperidine rings is 1. The summed E-state index contributed by atoms with van der Waals surface area (Å²) in [6, 6.07) is 8.18. The number of hydrogen-bond acceptors (Lipinski definition) is 4.